The number of carbonyl (C=O) groups is 5. The van der Waals surface area contributed by atoms with E-state index >= 15 is 0 Å². The van der Waals surface area contributed by atoms with Gasteiger partial charge in [-0.1, -0.05) is 18.6 Å². The number of phenolic OH excluding ortho intramolecular Hbond substituents is 1. The molecule has 1 heterocycles. The minimum atomic E-state index is -2.74. The number of hydrogen-bond donors (Lipinski definition) is 3. The zero-order valence-electron chi connectivity index (χ0n) is 25.6. The van der Waals surface area contributed by atoms with Gasteiger partial charge in [0.15, 0.2) is 34.7 Å². The third-order valence-corrected chi connectivity index (χ3v) is 10.4. The van der Waals surface area contributed by atoms with E-state index in [9.17, 15) is 34.2 Å². The van der Waals surface area contributed by atoms with E-state index in [1.807, 2.05) is 37.2 Å². The molecule has 4 aliphatic rings. The molecule has 2 aromatic carbocycles. The number of piperidine rings is 1. The van der Waals surface area contributed by atoms with Crippen LogP contribution in [0.15, 0.2) is 18.2 Å². The number of aromatic hydroxyl groups is 1. The molecule has 6 rings (SSSR count). The molecule has 0 radical (unpaired) electrons. The number of amides is 1. The number of likely N-dealkylation sites (tertiary alicyclic amines) is 1. The second-order valence-corrected chi connectivity index (χ2v) is 13.5. The Hall–Kier alpha value is -3.67. The number of likely N-dealkylation sites (N-methyl/N-ethyl adjacent to an activating group) is 1. The Balaban J connectivity index is 1.48. The number of ketones is 4. The first-order valence-electron chi connectivity index (χ1n) is 15.3. The number of anilines is 1. The van der Waals surface area contributed by atoms with Crippen LogP contribution in [0.5, 0.6) is 5.75 Å². The van der Waals surface area contributed by atoms with Crippen LogP contribution in [-0.4, -0.2) is 102 Å². The monoisotopic (exact) mass is 604 g/mol. The highest BCUT2D eigenvalue weighted by Gasteiger charge is 2.69. The number of Topliss-reactive ketones (excluding diaryl/α,β-unsaturated/α-hetero) is 4. The molecule has 0 aromatic heterocycles. The van der Waals surface area contributed by atoms with E-state index < -0.39 is 64.4 Å². The van der Waals surface area contributed by atoms with Crippen molar-refractivity contribution in [1.29, 1.82) is 0 Å². The highest BCUT2D eigenvalue weighted by molar-refractivity contribution is 6.32. The Morgan fingerprint density at radius 2 is 1.70 bits per heavy atom. The number of aliphatic hydroxyl groups is 1. The Morgan fingerprint density at radius 1 is 1.02 bits per heavy atom. The molecule has 11 nitrogen and oxygen atoms in total. The van der Waals surface area contributed by atoms with E-state index in [2.05, 4.69) is 4.90 Å². The summed E-state index contributed by atoms with van der Waals surface area (Å²) in [6.07, 6.45) is 3.74. The van der Waals surface area contributed by atoms with E-state index in [0.717, 1.165) is 42.6 Å². The molecule has 1 saturated heterocycles. The first kappa shape index (κ1) is 30.4. The molecule has 44 heavy (non-hydrogen) atoms. The van der Waals surface area contributed by atoms with Crippen molar-refractivity contribution in [1.82, 2.24) is 9.80 Å². The summed E-state index contributed by atoms with van der Waals surface area (Å²) in [5, 5.41) is 24.8. The van der Waals surface area contributed by atoms with Crippen LogP contribution in [0.4, 0.5) is 5.69 Å². The zero-order chi connectivity index (χ0) is 31.8. The Morgan fingerprint density at radius 3 is 2.32 bits per heavy atom. The van der Waals surface area contributed by atoms with Crippen molar-refractivity contribution in [2.75, 3.05) is 46.2 Å². The summed E-state index contributed by atoms with van der Waals surface area (Å²) in [5.74, 6) is -10.4. The van der Waals surface area contributed by atoms with Gasteiger partial charge in [0.2, 0.25) is 5.91 Å². The smallest absolute Gasteiger partial charge is 0.235 e. The first-order valence-corrected chi connectivity index (χ1v) is 15.3. The van der Waals surface area contributed by atoms with Crippen LogP contribution >= 0.6 is 0 Å². The molecule has 0 spiro atoms. The van der Waals surface area contributed by atoms with Crippen LogP contribution in [0.3, 0.4) is 0 Å². The van der Waals surface area contributed by atoms with Crippen molar-refractivity contribution < 1.29 is 34.2 Å². The van der Waals surface area contributed by atoms with Gasteiger partial charge in [-0.25, -0.2) is 0 Å². The van der Waals surface area contributed by atoms with Crippen molar-refractivity contribution >= 4 is 45.5 Å². The molecular formula is C33H40N4O7. The second-order valence-electron chi connectivity index (χ2n) is 13.5. The lowest BCUT2D eigenvalue weighted by molar-refractivity contribution is -0.181. The first-order chi connectivity index (χ1) is 20.8. The van der Waals surface area contributed by atoms with E-state index in [0.29, 0.717) is 17.5 Å². The Labute approximate surface area is 255 Å². The predicted octanol–water partition coefficient (Wildman–Crippen LogP) is 1.07. The van der Waals surface area contributed by atoms with Crippen molar-refractivity contribution in [3.8, 4) is 5.75 Å². The maximum absolute atomic E-state index is 14.3. The maximum atomic E-state index is 14.3. The molecule has 6 atom stereocenters. The molecule has 3 aliphatic carbocycles. The van der Waals surface area contributed by atoms with Gasteiger partial charge >= 0.3 is 0 Å². The minimum absolute atomic E-state index is 0.0166. The SMILES string of the molecule is CN(C)c1c2c(c(O)c3cc(CN4CCCCC4)ccc13)C(=O)C1C(=O)[C@]3(O)C(=O)C(C(N)=O)C(=O)[C@@H](N(C)C)[C@@H]3C[C@@H]1C2. The molecule has 2 aromatic rings. The van der Waals surface area contributed by atoms with E-state index in [1.165, 1.54) is 11.3 Å². The summed E-state index contributed by atoms with van der Waals surface area (Å²) < 4.78 is 0. The molecule has 2 saturated carbocycles. The molecule has 1 aliphatic heterocycles. The van der Waals surface area contributed by atoms with E-state index in [1.54, 1.807) is 14.1 Å². The number of rotatable bonds is 5. The molecule has 1 amide bonds. The van der Waals surface area contributed by atoms with Gasteiger partial charge in [0, 0.05) is 43.0 Å². The average molecular weight is 605 g/mol. The lowest BCUT2D eigenvalue weighted by Crippen LogP contribution is -2.74. The lowest BCUT2D eigenvalue weighted by Gasteiger charge is -2.52. The summed E-state index contributed by atoms with van der Waals surface area (Å²) in [4.78, 5) is 73.4. The number of benzene rings is 2. The largest absolute Gasteiger partial charge is 0.507 e. The summed E-state index contributed by atoms with van der Waals surface area (Å²) in [6.45, 7) is 2.71. The standard InChI is InChI=1S/C33H40N4O7/c1-35(2)25-18-9-8-16(15-37-10-6-5-7-11-37)12-19(18)27(38)23-20(25)13-17-14-21-26(36(3)4)29(40)24(32(34)43)31(42)33(21,44)30(41)22(17)28(23)39/h8-9,12,17,21-22,24,26,38,44H,5-7,10-11,13-15H2,1-4H3,(H2,34,43)/t17-,21-,22?,24?,26-,33-/m0/s1. The molecule has 234 valence electrons. The fraction of sp³-hybridized carbons (Fsp3) is 0.545. The molecule has 3 fully saturated rings. The van der Waals surface area contributed by atoms with Gasteiger partial charge in [-0.3, -0.25) is 33.8 Å². The van der Waals surface area contributed by atoms with Crippen LogP contribution in [-0.2, 0) is 32.1 Å². The number of nitrogens with two attached hydrogens (primary N) is 1. The zero-order valence-corrected chi connectivity index (χ0v) is 25.6. The summed E-state index contributed by atoms with van der Waals surface area (Å²) in [6, 6.07) is 4.78. The molecule has 2 unspecified atom stereocenters. The van der Waals surface area contributed by atoms with Crippen LogP contribution in [0.2, 0.25) is 0 Å². The van der Waals surface area contributed by atoms with Crippen LogP contribution in [0, 0.1) is 23.7 Å². The predicted molar refractivity (Wildman–Crippen MR) is 162 cm³/mol. The van der Waals surface area contributed by atoms with Gasteiger partial charge in [-0.2, -0.15) is 0 Å². The van der Waals surface area contributed by atoms with E-state index in [4.69, 9.17) is 5.73 Å². The number of hydrogen-bond acceptors (Lipinski definition) is 10. The van der Waals surface area contributed by atoms with Gasteiger partial charge in [0.05, 0.1) is 17.5 Å². The van der Waals surface area contributed by atoms with Gasteiger partial charge < -0.3 is 20.8 Å². The molecule has 4 N–H and O–H groups in total. The highest BCUT2D eigenvalue weighted by atomic mass is 16.3. The fourth-order valence-corrected chi connectivity index (χ4v) is 8.48. The van der Waals surface area contributed by atoms with Crippen LogP contribution in [0.25, 0.3) is 10.8 Å². The second kappa shape index (κ2) is 10.7. The molecule has 0 bridgehead atoms. The van der Waals surface area contributed by atoms with Crippen molar-refractivity contribution in [2.24, 2.45) is 29.4 Å². The minimum Gasteiger partial charge on any atom is -0.507 e. The van der Waals surface area contributed by atoms with Crippen LogP contribution in [0.1, 0.15) is 47.2 Å². The van der Waals surface area contributed by atoms with Gasteiger partial charge in [-0.15, -0.1) is 0 Å². The van der Waals surface area contributed by atoms with Gasteiger partial charge in [0.1, 0.15) is 5.75 Å². The summed E-state index contributed by atoms with van der Waals surface area (Å²) >= 11 is 0. The number of carbonyl (C=O) groups excluding carboxylic acids is 5. The maximum Gasteiger partial charge on any atom is 0.235 e. The fourth-order valence-electron chi connectivity index (χ4n) is 8.48. The average Bonchev–Trinajstić information content (AvgIpc) is 2.95. The van der Waals surface area contributed by atoms with Gasteiger partial charge in [-0.05, 0) is 76.0 Å². The number of primary amides is 1. The summed E-state index contributed by atoms with van der Waals surface area (Å²) in [7, 11) is 6.87. The number of nitrogens with zero attached hydrogens (tertiary/aromatic N) is 3. The topological polar surface area (TPSA) is 162 Å². The Kier molecular flexibility index (Phi) is 7.41. The number of fused-ring (bicyclic) bond motifs is 4. The normalized spacial score (nSPS) is 30.7. The quantitative estimate of drug-likeness (QED) is 0.421. The van der Waals surface area contributed by atoms with Crippen molar-refractivity contribution in [3.63, 3.8) is 0 Å². The highest BCUT2D eigenvalue weighted by Crippen LogP contribution is 2.53. The lowest BCUT2D eigenvalue weighted by atomic mass is 9.52. The third kappa shape index (κ3) is 4.31. The van der Waals surface area contributed by atoms with Gasteiger partial charge in [0.25, 0.3) is 0 Å². The third-order valence-electron chi connectivity index (χ3n) is 10.4. The molecular weight excluding hydrogens is 564 g/mol. The van der Waals surface area contributed by atoms with Crippen molar-refractivity contribution in [3.05, 3.63) is 34.9 Å². The summed E-state index contributed by atoms with van der Waals surface area (Å²) in [5.41, 5.74) is 5.04. The Bertz CT molecular complexity index is 1610. The molecule has 11 heteroatoms. The van der Waals surface area contributed by atoms with Crippen molar-refractivity contribution in [2.45, 2.75) is 50.3 Å². The van der Waals surface area contributed by atoms with E-state index in [-0.39, 0.29) is 24.2 Å². The van der Waals surface area contributed by atoms with Crippen LogP contribution < -0.4 is 10.6 Å². The number of phenols is 1.